The van der Waals surface area contributed by atoms with Crippen LogP contribution >= 0.6 is 0 Å². The molecule has 0 heterocycles. The van der Waals surface area contributed by atoms with Crippen molar-refractivity contribution in [2.75, 3.05) is 5.32 Å². The number of nitrogens with one attached hydrogen (secondary N) is 1. The Morgan fingerprint density at radius 3 is 1.79 bits per heavy atom. The first kappa shape index (κ1) is 24.5. The van der Waals surface area contributed by atoms with Crippen molar-refractivity contribution in [1.29, 1.82) is 0 Å². The molecule has 0 spiro atoms. The lowest BCUT2D eigenvalue weighted by molar-refractivity contribution is -0.0612. The standard InChI is InChI=1S/C41H37N/c1-2-8-30(9-3-1)31-10-6-11-32(21-31)33-12-7-13-34(22-33)42-35-16-17-38-39(23-35)36-14-4-5-15-37(36)40(38)41-24-27-18-28(25-41)20-29(19-27)26-41/h1-17,21-23,27-29,40,42H,18-20,24-26H2. The summed E-state index contributed by atoms with van der Waals surface area (Å²) < 4.78 is 0. The second kappa shape index (κ2) is 9.46. The summed E-state index contributed by atoms with van der Waals surface area (Å²) >= 11 is 0. The maximum absolute atomic E-state index is 3.77. The molecule has 1 atom stereocenters. The number of fused-ring (bicyclic) bond motifs is 3. The van der Waals surface area contributed by atoms with Crippen LogP contribution in [-0.4, -0.2) is 0 Å². The third-order valence-electron chi connectivity index (χ3n) is 11.1. The molecule has 1 unspecified atom stereocenters. The van der Waals surface area contributed by atoms with Gasteiger partial charge < -0.3 is 5.32 Å². The molecule has 10 rings (SSSR count). The molecule has 0 saturated heterocycles. The summed E-state index contributed by atoms with van der Waals surface area (Å²) in [5, 5.41) is 3.77. The smallest absolute Gasteiger partial charge is 0.0390 e. The van der Waals surface area contributed by atoms with Gasteiger partial charge in [-0.25, -0.2) is 0 Å². The molecule has 0 radical (unpaired) electrons. The van der Waals surface area contributed by atoms with E-state index in [2.05, 4.69) is 127 Å². The molecule has 4 bridgehead atoms. The molecule has 5 aromatic rings. The van der Waals surface area contributed by atoms with Crippen LogP contribution in [0.3, 0.4) is 0 Å². The quantitative estimate of drug-likeness (QED) is 0.232. The summed E-state index contributed by atoms with van der Waals surface area (Å²) in [6, 6.07) is 44.9. The third-order valence-corrected chi connectivity index (χ3v) is 11.1. The van der Waals surface area contributed by atoms with Crippen molar-refractivity contribution in [1.82, 2.24) is 0 Å². The first-order valence-corrected chi connectivity index (χ1v) is 16.0. The minimum Gasteiger partial charge on any atom is -0.355 e. The molecule has 0 amide bonds. The van der Waals surface area contributed by atoms with Crippen LogP contribution in [0.2, 0.25) is 0 Å². The fourth-order valence-electron chi connectivity index (χ4n) is 9.92. The number of anilines is 2. The average Bonchev–Trinajstić information content (AvgIpc) is 3.36. The molecular formula is C41H37N. The number of benzene rings is 5. The second-order valence-electron chi connectivity index (χ2n) is 13.8. The molecule has 206 valence electrons. The summed E-state index contributed by atoms with van der Waals surface area (Å²) in [5.74, 6) is 3.46. The maximum atomic E-state index is 3.77. The van der Waals surface area contributed by atoms with Crippen molar-refractivity contribution in [3.63, 3.8) is 0 Å². The van der Waals surface area contributed by atoms with Gasteiger partial charge in [-0.2, -0.15) is 0 Å². The Bertz CT molecular complexity index is 1760. The predicted molar refractivity (Wildman–Crippen MR) is 175 cm³/mol. The highest BCUT2D eigenvalue weighted by Crippen LogP contribution is 2.68. The molecule has 1 heteroatoms. The summed E-state index contributed by atoms with van der Waals surface area (Å²) in [4.78, 5) is 0. The molecule has 5 aliphatic rings. The summed E-state index contributed by atoms with van der Waals surface area (Å²) in [5.41, 5.74) is 13.8. The van der Waals surface area contributed by atoms with Crippen LogP contribution in [0.1, 0.15) is 55.6 Å². The average molecular weight is 544 g/mol. The van der Waals surface area contributed by atoms with E-state index in [1.165, 1.54) is 77.6 Å². The Morgan fingerprint density at radius 1 is 0.452 bits per heavy atom. The minimum atomic E-state index is 0.466. The highest BCUT2D eigenvalue weighted by atomic mass is 14.9. The lowest BCUT2D eigenvalue weighted by Crippen LogP contribution is -2.48. The Hall–Kier alpha value is -4.10. The van der Waals surface area contributed by atoms with E-state index in [9.17, 15) is 0 Å². The van der Waals surface area contributed by atoms with Gasteiger partial charge in [0, 0.05) is 17.3 Å². The summed E-state index contributed by atoms with van der Waals surface area (Å²) in [6.45, 7) is 0. The lowest BCUT2D eigenvalue weighted by Gasteiger charge is -2.59. The van der Waals surface area contributed by atoms with Crippen molar-refractivity contribution < 1.29 is 0 Å². The van der Waals surface area contributed by atoms with Gasteiger partial charge >= 0.3 is 0 Å². The van der Waals surface area contributed by atoms with Gasteiger partial charge in [0.2, 0.25) is 0 Å². The lowest BCUT2D eigenvalue weighted by atomic mass is 9.45. The zero-order valence-electron chi connectivity index (χ0n) is 24.1. The van der Waals surface area contributed by atoms with Crippen LogP contribution in [0, 0.1) is 23.2 Å². The largest absolute Gasteiger partial charge is 0.355 e. The first-order chi connectivity index (χ1) is 20.7. The van der Waals surface area contributed by atoms with Crippen molar-refractivity contribution in [3.05, 3.63) is 132 Å². The third kappa shape index (κ3) is 3.97. The maximum Gasteiger partial charge on any atom is 0.0390 e. The van der Waals surface area contributed by atoms with E-state index in [4.69, 9.17) is 0 Å². The van der Waals surface area contributed by atoms with Gasteiger partial charge in [-0.1, -0.05) is 91.0 Å². The van der Waals surface area contributed by atoms with Crippen LogP contribution in [0.25, 0.3) is 33.4 Å². The highest BCUT2D eigenvalue weighted by molar-refractivity contribution is 5.83. The van der Waals surface area contributed by atoms with E-state index in [1.54, 1.807) is 11.1 Å². The summed E-state index contributed by atoms with van der Waals surface area (Å²) in [7, 11) is 0. The number of rotatable bonds is 5. The van der Waals surface area contributed by atoms with Crippen LogP contribution in [0.15, 0.2) is 121 Å². The molecule has 5 aliphatic carbocycles. The van der Waals surface area contributed by atoms with Gasteiger partial charge in [0.05, 0.1) is 0 Å². The van der Waals surface area contributed by atoms with Crippen molar-refractivity contribution >= 4 is 11.4 Å². The monoisotopic (exact) mass is 543 g/mol. The summed E-state index contributed by atoms with van der Waals surface area (Å²) in [6.07, 6.45) is 8.82. The second-order valence-corrected chi connectivity index (χ2v) is 13.8. The normalized spacial score (nSPS) is 26.6. The minimum absolute atomic E-state index is 0.466. The van der Waals surface area contributed by atoms with Crippen LogP contribution < -0.4 is 5.32 Å². The van der Waals surface area contributed by atoms with Crippen LogP contribution in [0.5, 0.6) is 0 Å². The van der Waals surface area contributed by atoms with E-state index >= 15 is 0 Å². The van der Waals surface area contributed by atoms with E-state index in [-0.39, 0.29) is 0 Å². The Balaban J connectivity index is 1.04. The van der Waals surface area contributed by atoms with Gasteiger partial charge in [-0.15, -0.1) is 0 Å². The van der Waals surface area contributed by atoms with Crippen molar-refractivity contribution in [2.24, 2.45) is 23.2 Å². The fraction of sp³-hybridized carbons (Fsp3) is 0.268. The molecule has 4 fully saturated rings. The molecule has 1 N–H and O–H groups in total. The van der Waals surface area contributed by atoms with Gasteiger partial charge in [-0.3, -0.25) is 0 Å². The van der Waals surface area contributed by atoms with Gasteiger partial charge in [0.15, 0.2) is 0 Å². The van der Waals surface area contributed by atoms with Gasteiger partial charge in [-0.05, 0) is 137 Å². The highest BCUT2D eigenvalue weighted by Gasteiger charge is 2.56. The van der Waals surface area contributed by atoms with E-state index < -0.39 is 0 Å². The predicted octanol–water partition coefficient (Wildman–Crippen LogP) is 11.1. The van der Waals surface area contributed by atoms with E-state index in [0.717, 1.165) is 23.4 Å². The number of hydrogen-bond donors (Lipinski definition) is 1. The molecule has 42 heavy (non-hydrogen) atoms. The molecule has 5 aromatic carbocycles. The van der Waals surface area contributed by atoms with E-state index in [0.29, 0.717) is 11.3 Å². The van der Waals surface area contributed by atoms with Gasteiger partial charge in [0.25, 0.3) is 0 Å². The zero-order valence-corrected chi connectivity index (χ0v) is 24.1. The molecule has 4 saturated carbocycles. The Labute approximate surface area is 249 Å². The van der Waals surface area contributed by atoms with E-state index in [1.807, 2.05) is 0 Å². The van der Waals surface area contributed by atoms with Crippen LogP contribution in [0.4, 0.5) is 11.4 Å². The molecule has 0 aliphatic heterocycles. The fourth-order valence-corrected chi connectivity index (χ4v) is 9.92. The SMILES string of the molecule is c1ccc(-c2cccc(-c3cccc(Nc4ccc5c(c4)-c4ccccc4C5C45CC6CC(CC(C6)C4)C5)c3)c2)cc1. The molecule has 0 aromatic heterocycles. The molecule has 1 nitrogen and oxygen atoms in total. The first-order valence-electron chi connectivity index (χ1n) is 16.0. The molecular weight excluding hydrogens is 506 g/mol. The zero-order chi connectivity index (χ0) is 27.7. The van der Waals surface area contributed by atoms with Gasteiger partial charge in [0.1, 0.15) is 0 Å². The van der Waals surface area contributed by atoms with Crippen molar-refractivity contribution in [3.8, 4) is 33.4 Å². The Kier molecular flexibility index (Phi) is 5.52. The Morgan fingerprint density at radius 2 is 1.02 bits per heavy atom. The topological polar surface area (TPSA) is 12.0 Å². The van der Waals surface area contributed by atoms with Crippen LogP contribution in [-0.2, 0) is 0 Å². The van der Waals surface area contributed by atoms with Crippen molar-refractivity contribution in [2.45, 2.75) is 44.4 Å². The number of hydrogen-bond acceptors (Lipinski definition) is 1.